The van der Waals surface area contributed by atoms with Crippen LogP contribution in [0.2, 0.25) is 0 Å². The molecule has 0 atom stereocenters. The van der Waals surface area contributed by atoms with E-state index in [2.05, 4.69) is 20.6 Å². The second-order valence-electron chi connectivity index (χ2n) is 4.23. The lowest BCUT2D eigenvalue weighted by Gasteiger charge is -2.05. The van der Waals surface area contributed by atoms with Crippen LogP contribution in [0.5, 0.6) is 0 Å². The van der Waals surface area contributed by atoms with Crippen LogP contribution in [0.3, 0.4) is 0 Å². The van der Waals surface area contributed by atoms with E-state index in [0.717, 1.165) is 11.0 Å². The Labute approximate surface area is 110 Å². The van der Waals surface area contributed by atoms with E-state index < -0.39 is 0 Å². The van der Waals surface area contributed by atoms with E-state index in [1.54, 1.807) is 24.5 Å². The van der Waals surface area contributed by atoms with Crippen molar-refractivity contribution in [2.45, 2.75) is 13.3 Å². The van der Waals surface area contributed by atoms with Crippen molar-refractivity contribution in [2.75, 3.05) is 13.1 Å². The molecule has 1 aromatic carbocycles. The fourth-order valence-electron chi connectivity index (χ4n) is 1.73. The van der Waals surface area contributed by atoms with Crippen LogP contribution in [0.15, 0.2) is 24.5 Å². The van der Waals surface area contributed by atoms with Gasteiger partial charge in [-0.05, 0) is 24.6 Å². The van der Waals surface area contributed by atoms with Gasteiger partial charge in [-0.15, -0.1) is 0 Å². The minimum absolute atomic E-state index is 0.0592. The molecule has 19 heavy (non-hydrogen) atoms. The highest BCUT2D eigenvalue weighted by Crippen LogP contribution is 2.11. The van der Waals surface area contributed by atoms with Crippen LogP contribution in [-0.2, 0) is 4.79 Å². The first-order valence-electron chi connectivity index (χ1n) is 6.12. The molecule has 0 aliphatic rings. The SMILES string of the molecule is CC(=O)NCCCNC(=O)c1ccc2nc[nH]c2c1. The number of nitrogens with zero attached hydrogens (tertiary/aromatic N) is 1. The molecule has 1 heterocycles. The van der Waals surface area contributed by atoms with E-state index >= 15 is 0 Å². The fraction of sp³-hybridized carbons (Fsp3) is 0.308. The number of amides is 2. The van der Waals surface area contributed by atoms with E-state index in [1.807, 2.05) is 0 Å². The normalized spacial score (nSPS) is 10.4. The first kappa shape index (κ1) is 13.1. The summed E-state index contributed by atoms with van der Waals surface area (Å²) in [6.45, 7) is 2.56. The number of hydrogen-bond acceptors (Lipinski definition) is 3. The average molecular weight is 260 g/mol. The van der Waals surface area contributed by atoms with Crippen LogP contribution in [0.25, 0.3) is 11.0 Å². The van der Waals surface area contributed by atoms with Gasteiger partial charge in [0.05, 0.1) is 17.4 Å². The molecule has 2 amide bonds. The highest BCUT2D eigenvalue weighted by molar-refractivity contribution is 5.97. The lowest BCUT2D eigenvalue weighted by Crippen LogP contribution is -2.28. The zero-order chi connectivity index (χ0) is 13.7. The summed E-state index contributed by atoms with van der Waals surface area (Å²) >= 11 is 0. The van der Waals surface area contributed by atoms with Gasteiger partial charge in [-0.1, -0.05) is 0 Å². The van der Waals surface area contributed by atoms with Crippen LogP contribution in [-0.4, -0.2) is 34.9 Å². The smallest absolute Gasteiger partial charge is 0.251 e. The molecule has 1 aromatic heterocycles. The zero-order valence-electron chi connectivity index (χ0n) is 10.7. The number of benzene rings is 1. The number of rotatable bonds is 5. The van der Waals surface area contributed by atoms with Crippen LogP contribution >= 0.6 is 0 Å². The number of fused-ring (bicyclic) bond motifs is 1. The van der Waals surface area contributed by atoms with Gasteiger partial charge in [0.2, 0.25) is 5.91 Å². The van der Waals surface area contributed by atoms with Crippen molar-refractivity contribution in [1.29, 1.82) is 0 Å². The van der Waals surface area contributed by atoms with Crippen molar-refractivity contribution in [3.05, 3.63) is 30.1 Å². The molecule has 0 aliphatic heterocycles. The Kier molecular flexibility index (Phi) is 4.12. The summed E-state index contributed by atoms with van der Waals surface area (Å²) in [7, 11) is 0. The summed E-state index contributed by atoms with van der Waals surface area (Å²) in [6.07, 6.45) is 2.30. The predicted octanol–water partition coefficient (Wildman–Crippen LogP) is 0.819. The zero-order valence-corrected chi connectivity index (χ0v) is 10.7. The average Bonchev–Trinajstić information content (AvgIpc) is 2.84. The van der Waals surface area contributed by atoms with Crippen LogP contribution in [0, 0.1) is 0 Å². The Balaban J connectivity index is 1.84. The number of nitrogens with one attached hydrogen (secondary N) is 3. The van der Waals surface area contributed by atoms with Crippen molar-refractivity contribution in [3.8, 4) is 0 Å². The van der Waals surface area contributed by atoms with E-state index in [0.29, 0.717) is 25.1 Å². The second-order valence-corrected chi connectivity index (χ2v) is 4.23. The molecule has 0 aliphatic carbocycles. The number of aromatic amines is 1. The van der Waals surface area contributed by atoms with E-state index in [4.69, 9.17) is 0 Å². The number of aromatic nitrogens is 2. The quantitative estimate of drug-likeness (QED) is 0.695. The molecule has 0 saturated carbocycles. The van der Waals surface area contributed by atoms with Gasteiger partial charge in [-0.2, -0.15) is 0 Å². The topological polar surface area (TPSA) is 86.9 Å². The van der Waals surface area contributed by atoms with Gasteiger partial charge in [0.15, 0.2) is 0 Å². The lowest BCUT2D eigenvalue weighted by atomic mass is 10.2. The first-order chi connectivity index (χ1) is 9.16. The Hall–Kier alpha value is -2.37. The van der Waals surface area contributed by atoms with Gasteiger partial charge >= 0.3 is 0 Å². The number of hydrogen-bond donors (Lipinski definition) is 3. The molecule has 6 nitrogen and oxygen atoms in total. The maximum atomic E-state index is 11.9. The van der Waals surface area contributed by atoms with Gasteiger partial charge < -0.3 is 15.6 Å². The Bertz CT molecular complexity index is 591. The molecule has 0 saturated heterocycles. The third kappa shape index (κ3) is 3.54. The van der Waals surface area contributed by atoms with Crippen molar-refractivity contribution >= 4 is 22.8 Å². The number of carbonyl (C=O) groups is 2. The van der Waals surface area contributed by atoms with Gasteiger partial charge in [-0.25, -0.2) is 4.98 Å². The third-order valence-electron chi connectivity index (χ3n) is 2.70. The molecule has 6 heteroatoms. The Morgan fingerprint density at radius 2 is 2.05 bits per heavy atom. The second kappa shape index (κ2) is 5.99. The Morgan fingerprint density at radius 1 is 1.26 bits per heavy atom. The molecular formula is C13H16N4O2. The molecule has 0 radical (unpaired) electrons. The summed E-state index contributed by atoms with van der Waals surface area (Å²) in [5, 5.41) is 5.48. The monoisotopic (exact) mass is 260 g/mol. The largest absolute Gasteiger partial charge is 0.356 e. The first-order valence-corrected chi connectivity index (χ1v) is 6.12. The minimum atomic E-state index is -0.126. The van der Waals surface area contributed by atoms with Crippen LogP contribution in [0.1, 0.15) is 23.7 Å². The summed E-state index contributed by atoms with van der Waals surface area (Å²) in [5.74, 6) is -0.185. The molecule has 0 unspecified atom stereocenters. The highest BCUT2D eigenvalue weighted by atomic mass is 16.2. The number of H-pyrrole nitrogens is 1. The van der Waals surface area contributed by atoms with Gasteiger partial charge in [-0.3, -0.25) is 9.59 Å². The summed E-state index contributed by atoms with van der Waals surface area (Å²) in [4.78, 5) is 29.6. The minimum Gasteiger partial charge on any atom is -0.356 e. The fourth-order valence-corrected chi connectivity index (χ4v) is 1.73. The molecule has 100 valence electrons. The van der Waals surface area contributed by atoms with Crippen molar-refractivity contribution in [1.82, 2.24) is 20.6 Å². The molecular weight excluding hydrogens is 244 g/mol. The molecule has 2 aromatic rings. The lowest BCUT2D eigenvalue weighted by molar-refractivity contribution is -0.118. The van der Waals surface area contributed by atoms with Crippen molar-refractivity contribution in [3.63, 3.8) is 0 Å². The van der Waals surface area contributed by atoms with Crippen molar-refractivity contribution in [2.24, 2.45) is 0 Å². The third-order valence-corrected chi connectivity index (χ3v) is 2.70. The van der Waals surface area contributed by atoms with Crippen LogP contribution < -0.4 is 10.6 Å². The number of carbonyl (C=O) groups excluding carboxylic acids is 2. The molecule has 0 fully saturated rings. The Morgan fingerprint density at radius 3 is 2.84 bits per heavy atom. The molecule has 0 bridgehead atoms. The van der Waals surface area contributed by atoms with E-state index in [9.17, 15) is 9.59 Å². The van der Waals surface area contributed by atoms with E-state index in [1.165, 1.54) is 6.92 Å². The highest BCUT2D eigenvalue weighted by Gasteiger charge is 2.06. The maximum Gasteiger partial charge on any atom is 0.251 e. The van der Waals surface area contributed by atoms with Gasteiger partial charge in [0, 0.05) is 25.6 Å². The molecule has 3 N–H and O–H groups in total. The molecule has 0 spiro atoms. The molecule has 2 rings (SSSR count). The summed E-state index contributed by atoms with van der Waals surface area (Å²) < 4.78 is 0. The van der Waals surface area contributed by atoms with E-state index in [-0.39, 0.29) is 11.8 Å². The standard InChI is InChI=1S/C13H16N4O2/c1-9(18)14-5-2-6-15-13(19)10-3-4-11-12(7-10)17-8-16-11/h3-4,7-8H,2,5-6H2,1H3,(H,14,18)(H,15,19)(H,16,17). The number of imidazole rings is 1. The summed E-state index contributed by atoms with van der Waals surface area (Å²) in [5.41, 5.74) is 2.27. The van der Waals surface area contributed by atoms with Gasteiger partial charge in [0.1, 0.15) is 0 Å². The van der Waals surface area contributed by atoms with Gasteiger partial charge in [0.25, 0.3) is 5.91 Å². The maximum absolute atomic E-state index is 11.9. The van der Waals surface area contributed by atoms with Crippen molar-refractivity contribution < 1.29 is 9.59 Å². The summed E-state index contributed by atoms with van der Waals surface area (Å²) in [6, 6.07) is 5.32. The predicted molar refractivity (Wildman–Crippen MR) is 71.7 cm³/mol. The van der Waals surface area contributed by atoms with Crippen LogP contribution in [0.4, 0.5) is 0 Å².